The van der Waals surface area contributed by atoms with Gasteiger partial charge in [0.05, 0.1) is 31.4 Å². The van der Waals surface area contributed by atoms with Gasteiger partial charge in [-0.25, -0.2) is 0 Å². The third-order valence-electron chi connectivity index (χ3n) is 2.35. The highest BCUT2D eigenvalue weighted by Gasteiger charge is 2.11. The third-order valence-corrected chi connectivity index (χ3v) is 3.59. The van der Waals surface area contributed by atoms with Crippen molar-refractivity contribution in [3.63, 3.8) is 0 Å². The molecular weight excluding hydrogens is 380 g/mol. The number of methoxy groups -OCH3 is 2. The van der Waals surface area contributed by atoms with Crippen LogP contribution in [0.3, 0.4) is 0 Å². The summed E-state index contributed by atoms with van der Waals surface area (Å²) >= 11 is 6.91. The van der Waals surface area contributed by atoms with Crippen molar-refractivity contribution in [2.45, 2.75) is 5.33 Å². The van der Waals surface area contributed by atoms with Gasteiger partial charge in [0, 0.05) is 12.4 Å². The number of hydrogen-bond donors (Lipinski definition) is 0. The van der Waals surface area contributed by atoms with E-state index >= 15 is 0 Å². The minimum absolute atomic E-state index is 0.465. The summed E-state index contributed by atoms with van der Waals surface area (Å²) in [7, 11) is 3.27. The maximum Gasteiger partial charge on any atom is 0.175 e. The average Bonchev–Trinajstić information content (AvgIpc) is 2.43. The first-order valence-corrected chi connectivity index (χ1v) is 7.76. The summed E-state index contributed by atoms with van der Waals surface area (Å²) < 4.78 is 22.1. The molecule has 0 aromatic heterocycles. The van der Waals surface area contributed by atoms with Crippen LogP contribution in [0, 0.1) is 0 Å². The minimum atomic E-state index is 0.465. The molecule has 0 bridgehead atoms. The van der Waals surface area contributed by atoms with Crippen LogP contribution in [0.25, 0.3) is 0 Å². The molecule has 0 aliphatic heterocycles. The molecule has 0 unspecified atom stereocenters. The lowest BCUT2D eigenvalue weighted by Crippen LogP contribution is -2.10. The Balaban J connectivity index is 2.52. The topological polar surface area (TPSA) is 36.9 Å². The van der Waals surface area contributed by atoms with Gasteiger partial charge in [0.2, 0.25) is 0 Å². The van der Waals surface area contributed by atoms with E-state index in [1.807, 2.05) is 12.1 Å². The van der Waals surface area contributed by atoms with E-state index in [-0.39, 0.29) is 0 Å². The number of benzene rings is 1. The van der Waals surface area contributed by atoms with Crippen molar-refractivity contribution >= 4 is 31.9 Å². The molecule has 0 atom stereocenters. The molecule has 0 heterocycles. The Morgan fingerprint density at radius 1 is 1.05 bits per heavy atom. The lowest BCUT2D eigenvalue weighted by atomic mass is 10.2. The van der Waals surface area contributed by atoms with E-state index in [0.29, 0.717) is 37.9 Å². The minimum Gasteiger partial charge on any atom is -0.493 e. The lowest BCUT2D eigenvalue weighted by Gasteiger charge is -2.14. The standard InChI is InChI=1S/C13H18Br2O4/c1-16-3-4-18-5-6-19-13-11(15)7-10(9-14)8-12(13)17-2/h7-8H,3-6,9H2,1-2H3. The Bertz CT molecular complexity index is 385. The normalized spacial score (nSPS) is 10.5. The van der Waals surface area contributed by atoms with E-state index < -0.39 is 0 Å². The van der Waals surface area contributed by atoms with E-state index in [2.05, 4.69) is 31.9 Å². The zero-order valence-corrected chi connectivity index (χ0v) is 14.3. The highest BCUT2D eigenvalue weighted by molar-refractivity contribution is 9.10. The van der Waals surface area contributed by atoms with Crippen LogP contribution in [-0.2, 0) is 14.8 Å². The Labute approximate surface area is 130 Å². The van der Waals surface area contributed by atoms with E-state index in [9.17, 15) is 0 Å². The molecule has 6 heteroatoms. The van der Waals surface area contributed by atoms with Gasteiger partial charge in [0.1, 0.15) is 6.61 Å². The van der Waals surface area contributed by atoms with Crippen molar-refractivity contribution in [1.82, 2.24) is 0 Å². The second-order valence-corrected chi connectivity index (χ2v) is 5.11. The predicted octanol–water partition coefficient (Wildman–Crippen LogP) is 3.39. The molecule has 0 N–H and O–H groups in total. The van der Waals surface area contributed by atoms with E-state index in [1.54, 1.807) is 14.2 Å². The molecule has 0 spiro atoms. The van der Waals surface area contributed by atoms with E-state index in [4.69, 9.17) is 18.9 Å². The van der Waals surface area contributed by atoms with Gasteiger partial charge in [0.15, 0.2) is 11.5 Å². The molecule has 0 aliphatic carbocycles. The molecular formula is C13H18Br2O4. The highest BCUT2D eigenvalue weighted by atomic mass is 79.9. The average molecular weight is 398 g/mol. The molecule has 0 amide bonds. The summed E-state index contributed by atoms with van der Waals surface area (Å²) in [6.07, 6.45) is 0. The van der Waals surface area contributed by atoms with Crippen molar-refractivity contribution < 1.29 is 18.9 Å². The lowest BCUT2D eigenvalue weighted by molar-refractivity contribution is 0.0538. The molecule has 0 saturated carbocycles. The fourth-order valence-electron chi connectivity index (χ4n) is 1.44. The van der Waals surface area contributed by atoms with Gasteiger partial charge in [-0.1, -0.05) is 15.9 Å². The van der Waals surface area contributed by atoms with Gasteiger partial charge in [-0.15, -0.1) is 0 Å². The number of halogens is 2. The molecule has 1 rings (SSSR count). The smallest absolute Gasteiger partial charge is 0.175 e. The Morgan fingerprint density at radius 3 is 2.42 bits per heavy atom. The number of rotatable bonds is 9. The number of hydrogen-bond acceptors (Lipinski definition) is 4. The molecule has 0 radical (unpaired) electrons. The van der Waals surface area contributed by atoms with Crippen LogP contribution in [-0.4, -0.2) is 40.6 Å². The van der Waals surface area contributed by atoms with Gasteiger partial charge < -0.3 is 18.9 Å². The summed E-state index contributed by atoms with van der Waals surface area (Å²) in [5.74, 6) is 1.41. The highest BCUT2D eigenvalue weighted by Crippen LogP contribution is 2.37. The molecule has 0 aliphatic rings. The zero-order valence-electron chi connectivity index (χ0n) is 11.1. The van der Waals surface area contributed by atoms with Crippen LogP contribution < -0.4 is 9.47 Å². The van der Waals surface area contributed by atoms with E-state index in [0.717, 1.165) is 15.4 Å². The quantitative estimate of drug-likeness (QED) is 0.472. The fraction of sp³-hybridized carbons (Fsp3) is 0.538. The van der Waals surface area contributed by atoms with E-state index in [1.165, 1.54) is 0 Å². The van der Waals surface area contributed by atoms with Crippen molar-refractivity contribution in [2.24, 2.45) is 0 Å². The molecule has 19 heavy (non-hydrogen) atoms. The molecule has 0 fully saturated rings. The summed E-state index contributed by atoms with van der Waals surface area (Å²) in [6, 6.07) is 3.94. The van der Waals surface area contributed by atoms with Crippen LogP contribution in [0.15, 0.2) is 16.6 Å². The maximum atomic E-state index is 5.69. The second-order valence-electron chi connectivity index (χ2n) is 3.70. The van der Waals surface area contributed by atoms with Crippen LogP contribution >= 0.6 is 31.9 Å². The Kier molecular flexibility index (Phi) is 8.45. The Morgan fingerprint density at radius 2 is 1.79 bits per heavy atom. The van der Waals surface area contributed by atoms with Gasteiger partial charge in [-0.05, 0) is 33.6 Å². The summed E-state index contributed by atoms with van der Waals surface area (Å²) in [6.45, 7) is 2.14. The summed E-state index contributed by atoms with van der Waals surface area (Å²) in [4.78, 5) is 0. The van der Waals surface area contributed by atoms with Gasteiger partial charge in [-0.2, -0.15) is 0 Å². The number of alkyl halides is 1. The second kappa shape index (κ2) is 9.58. The van der Waals surface area contributed by atoms with Gasteiger partial charge >= 0.3 is 0 Å². The number of ether oxygens (including phenoxy) is 4. The van der Waals surface area contributed by atoms with Gasteiger partial charge in [-0.3, -0.25) is 0 Å². The monoisotopic (exact) mass is 396 g/mol. The van der Waals surface area contributed by atoms with Crippen molar-refractivity contribution in [2.75, 3.05) is 40.6 Å². The van der Waals surface area contributed by atoms with Crippen LogP contribution in [0.4, 0.5) is 0 Å². The van der Waals surface area contributed by atoms with Crippen molar-refractivity contribution in [3.05, 3.63) is 22.2 Å². The van der Waals surface area contributed by atoms with Gasteiger partial charge in [0.25, 0.3) is 0 Å². The molecule has 0 saturated heterocycles. The Hall–Kier alpha value is -0.300. The molecule has 1 aromatic carbocycles. The van der Waals surface area contributed by atoms with Crippen LogP contribution in [0.2, 0.25) is 0 Å². The fourth-order valence-corrected chi connectivity index (χ4v) is 2.37. The first-order chi connectivity index (χ1) is 9.22. The summed E-state index contributed by atoms with van der Waals surface area (Å²) in [5.41, 5.74) is 1.12. The summed E-state index contributed by atoms with van der Waals surface area (Å²) in [5, 5.41) is 0.766. The van der Waals surface area contributed by atoms with Crippen LogP contribution in [0.5, 0.6) is 11.5 Å². The molecule has 4 nitrogen and oxygen atoms in total. The maximum absolute atomic E-state index is 5.69. The largest absolute Gasteiger partial charge is 0.493 e. The van der Waals surface area contributed by atoms with Crippen molar-refractivity contribution in [1.29, 1.82) is 0 Å². The SMILES string of the molecule is COCCOCCOc1c(Br)cc(CBr)cc1OC. The van der Waals surface area contributed by atoms with Crippen molar-refractivity contribution in [3.8, 4) is 11.5 Å². The molecule has 108 valence electrons. The predicted molar refractivity (Wildman–Crippen MR) is 81.5 cm³/mol. The first kappa shape index (κ1) is 16.8. The third kappa shape index (κ3) is 5.69. The first-order valence-electron chi connectivity index (χ1n) is 5.84. The van der Waals surface area contributed by atoms with Crippen LogP contribution in [0.1, 0.15) is 5.56 Å². The molecule has 1 aromatic rings. The zero-order chi connectivity index (χ0) is 14.1.